The molecule has 1 aliphatic heterocycles. The van der Waals surface area contributed by atoms with E-state index in [2.05, 4.69) is 20.7 Å². The molecule has 0 unspecified atom stereocenters. The van der Waals surface area contributed by atoms with Crippen molar-refractivity contribution in [1.82, 2.24) is 19.9 Å². The second-order valence-electron chi connectivity index (χ2n) is 5.68. The van der Waals surface area contributed by atoms with E-state index in [9.17, 15) is 4.79 Å². The lowest BCUT2D eigenvalue weighted by Gasteiger charge is -2.14. The monoisotopic (exact) mass is 307 g/mol. The van der Waals surface area contributed by atoms with Gasteiger partial charge in [0.05, 0.1) is 11.9 Å². The number of carbonyl (C=O) groups is 1. The minimum atomic E-state index is 0.126. The predicted molar refractivity (Wildman–Crippen MR) is 88.1 cm³/mol. The van der Waals surface area contributed by atoms with E-state index in [1.54, 1.807) is 10.7 Å². The van der Waals surface area contributed by atoms with E-state index in [0.29, 0.717) is 13.0 Å². The van der Waals surface area contributed by atoms with Gasteiger partial charge in [-0.3, -0.25) is 4.79 Å². The van der Waals surface area contributed by atoms with Crippen molar-refractivity contribution < 1.29 is 4.79 Å². The number of hydrogen-bond acceptors (Lipinski definition) is 4. The van der Waals surface area contributed by atoms with Gasteiger partial charge in [0, 0.05) is 36.7 Å². The Kier molecular flexibility index (Phi) is 3.42. The number of aromatic nitrogens is 3. The molecule has 1 aliphatic rings. The summed E-state index contributed by atoms with van der Waals surface area (Å²) in [5.74, 6) is 1.00. The SMILES string of the molecule is O=C1CC[C@H](CNc2cc(-c3ccccc3)nc3ccnn23)N1. The van der Waals surface area contributed by atoms with Gasteiger partial charge in [-0.25, -0.2) is 4.98 Å². The Morgan fingerprint density at radius 3 is 2.91 bits per heavy atom. The highest BCUT2D eigenvalue weighted by Gasteiger charge is 2.20. The van der Waals surface area contributed by atoms with Crippen molar-refractivity contribution in [2.24, 2.45) is 0 Å². The lowest BCUT2D eigenvalue weighted by Crippen LogP contribution is -2.32. The van der Waals surface area contributed by atoms with Crippen LogP contribution in [0.5, 0.6) is 0 Å². The van der Waals surface area contributed by atoms with Gasteiger partial charge in [-0.1, -0.05) is 30.3 Å². The molecule has 0 radical (unpaired) electrons. The molecular formula is C17H17N5O. The van der Waals surface area contributed by atoms with Crippen LogP contribution in [0, 0.1) is 0 Å². The molecule has 23 heavy (non-hydrogen) atoms. The summed E-state index contributed by atoms with van der Waals surface area (Å²) in [6.45, 7) is 0.680. The summed E-state index contributed by atoms with van der Waals surface area (Å²) in [4.78, 5) is 16.0. The normalized spacial score (nSPS) is 17.4. The van der Waals surface area contributed by atoms with Crippen LogP contribution in [0.2, 0.25) is 0 Å². The highest BCUT2D eigenvalue weighted by molar-refractivity contribution is 5.78. The van der Waals surface area contributed by atoms with Gasteiger partial charge in [-0.05, 0) is 6.42 Å². The number of anilines is 1. The van der Waals surface area contributed by atoms with Crippen molar-refractivity contribution >= 4 is 17.4 Å². The minimum Gasteiger partial charge on any atom is -0.368 e. The minimum absolute atomic E-state index is 0.126. The second-order valence-corrected chi connectivity index (χ2v) is 5.68. The summed E-state index contributed by atoms with van der Waals surface area (Å²) >= 11 is 0. The zero-order chi connectivity index (χ0) is 15.6. The average molecular weight is 307 g/mol. The molecule has 1 saturated heterocycles. The van der Waals surface area contributed by atoms with Crippen molar-refractivity contribution in [1.29, 1.82) is 0 Å². The zero-order valence-electron chi connectivity index (χ0n) is 12.6. The molecular weight excluding hydrogens is 290 g/mol. The van der Waals surface area contributed by atoms with Crippen LogP contribution < -0.4 is 10.6 Å². The lowest BCUT2D eigenvalue weighted by molar-refractivity contribution is -0.119. The van der Waals surface area contributed by atoms with Crippen LogP contribution in [-0.4, -0.2) is 33.1 Å². The summed E-state index contributed by atoms with van der Waals surface area (Å²) < 4.78 is 1.78. The second kappa shape index (κ2) is 5.72. The van der Waals surface area contributed by atoms with E-state index >= 15 is 0 Å². The van der Waals surface area contributed by atoms with Crippen LogP contribution >= 0.6 is 0 Å². The average Bonchev–Trinajstić information content (AvgIpc) is 3.22. The largest absolute Gasteiger partial charge is 0.368 e. The Bertz CT molecular complexity index is 843. The molecule has 0 spiro atoms. The van der Waals surface area contributed by atoms with E-state index in [1.165, 1.54) is 0 Å². The summed E-state index contributed by atoms with van der Waals surface area (Å²) in [7, 11) is 0. The Morgan fingerprint density at radius 2 is 2.13 bits per heavy atom. The van der Waals surface area contributed by atoms with Gasteiger partial charge in [-0.2, -0.15) is 9.61 Å². The molecule has 2 aromatic heterocycles. The van der Waals surface area contributed by atoms with Gasteiger partial charge in [0.15, 0.2) is 5.65 Å². The van der Waals surface area contributed by atoms with Crippen LogP contribution in [0.4, 0.5) is 5.82 Å². The number of nitrogens with zero attached hydrogens (tertiary/aromatic N) is 3. The maximum absolute atomic E-state index is 11.3. The van der Waals surface area contributed by atoms with Crippen molar-refractivity contribution in [3.8, 4) is 11.3 Å². The standard InChI is InChI=1S/C17H17N5O/c23-17-7-6-13(20-17)11-18-16-10-14(12-4-2-1-3-5-12)21-15-8-9-19-22(15)16/h1-5,8-10,13,18H,6-7,11H2,(H,20,23)/t13-/m1/s1. The quantitative estimate of drug-likeness (QED) is 0.774. The first-order valence-corrected chi connectivity index (χ1v) is 7.73. The number of rotatable bonds is 4. The maximum Gasteiger partial charge on any atom is 0.220 e. The Morgan fingerprint density at radius 1 is 1.26 bits per heavy atom. The van der Waals surface area contributed by atoms with Crippen LogP contribution in [0.15, 0.2) is 48.7 Å². The summed E-state index contributed by atoms with van der Waals surface area (Å²) in [6.07, 6.45) is 3.21. The van der Waals surface area contributed by atoms with E-state index in [-0.39, 0.29) is 11.9 Å². The summed E-state index contributed by atoms with van der Waals surface area (Å²) in [5.41, 5.74) is 2.76. The van der Waals surface area contributed by atoms with Gasteiger partial charge in [-0.15, -0.1) is 0 Å². The molecule has 0 saturated carbocycles. The molecule has 116 valence electrons. The highest BCUT2D eigenvalue weighted by atomic mass is 16.1. The maximum atomic E-state index is 11.3. The lowest BCUT2D eigenvalue weighted by atomic mass is 10.1. The molecule has 4 rings (SSSR count). The number of benzene rings is 1. The fraction of sp³-hybridized carbons (Fsp3) is 0.235. The van der Waals surface area contributed by atoms with E-state index in [0.717, 1.165) is 29.1 Å². The van der Waals surface area contributed by atoms with Crippen LogP contribution in [-0.2, 0) is 4.79 Å². The first-order chi connectivity index (χ1) is 11.3. The zero-order valence-corrected chi connectivity index (χ0v) is 12.6. The van der Waals surface area contributed by atoms with Crippen molar-refractivity contribution in [3.63, 3.8) is 0 Å². The third-order valence-electron chi connectivity index (χ3n) is 4.04. The predicted octanol–water partition coefficient (Wildman–Crippen LogP) is 2.09. The Balaban J connectivity index is 1.65. The third kappa shape index (κ3) is 2.75. The topological polar surface area (TPSA) is 71.3 Å². The molecule has 0 aliphatic carbocycles. The highest BCUT2D eigenvalue weighted by Crippen LogP contribution is 2.22. The number of carbonyl (C=O) groups excluding carboxylic acids is 1. The summed E-state index contributed by atoms with van der Waals surface area (Å²) in [5, 5.41) is 10.7. The van der Waals surface area contributed by atoms with Crippen molar-refractivity contribution in [3.05, 3.63) is 48.7 Å². The first kappa shape index (κ1) is 13.8. The van der Waals surface area contributed by atoms with Gasteiger partial charge >= 0.3 is 0 Å². The van der Waals surface area contributed by atoms with Crippen LogP contribution in [0.1, 0.15) is 12.8 Å². The van der Waals surface area contributed by atoms with Gasteiger partial charge < -0.3 is 10.6 Å². The Hall–Kier alpha value is -2.89. The fourth-order valence-corrected chi connectivity index (χ4v) is 2.85. The summed E-state index contributed by atoms with van der Waals surface area (Å²) in [6, 6.07) is 14.1. The Labute approximate surface area is 133 Å². The van der Waals surface area contributed by atoms with Crippen LogP contribution in [0.3, 0.4) is 0 Å². The molecule has 0 bridgehead atoms. The van der Waals surface area contributed by atoms with Crippen molar-refractivity contribution in [2.45, 2.75) is 18.9 Å². The molecule has 6 heteroatoms. The third-order valence-corrected chi connectivity index (χ3v) is 4.04. The molecule has 1 amide bonds. The fourth-order valence-electron chi connectivity index (χ4n) is 2.85. The molecule has 6 nitrogen and oxygen atoms in total. The smallest absolute Gasteiger partial charge is 0.220 e. The van der Waals surface area contributed by atoms with E-state index in [1.807, 2.05) is 42.5 Å². The van der Waals surface area contributed by atoms with E-state index in [4.69, 9.17) is 0 Å². The number of amides is 1. The van der Waals surface area contributed by atoms with Gasteiger partial charge in [0.1, 0.15) is 5.82 Å². The number of nitrogens with one attached hydrogen (secondary N) is 2. The number of fused-ring (bicyclic) bond motifs is 1. The molecule has 1 atom stereocenters. The molecule has 1 aromatic carbocycles. The molecule has 1 fully saturated rings. The van der Waals surface area contributed by atoms with Gasteiger partial charge in [0.2, 0.25) is 5.91 Å². The number of hydrogen-bond donors (Lipinski definition) is 2. The molecule has 3 aromatic rings. The van der Waals surface area contributed by atoms with Gasteiger partial charge in [0.25, 0.3) is 0 Å². The molecule has 3 heterocycles. The first-order valence-electron chi connectivity index (χ1n) is 7.73. The van der Waals surface area contributed by atoms with Crippen LogP contribution in [0.25, 0.3) is 16.9 Å². The van der Waals surface area contributed by atoms with Crippen molar-refractivity contribution in [2.75, 3.05) is 11.9 Å². The van der Waals surface area contributed by atoms with E-state index < -0.39 is 0 Å². The molecule has 2 N–H and O–H groups in total.